The van der Waals surface area contributed by atoms with E-state index in [2.05, 4.69) is 42.9 Å². The Kier molecular flexibility index (Phi) is 5.47. The predicted molar refractivity (Wildman–Crippen MR) is 112 cm³/mol. The number of pyridine rings is 1. The number of anilines is 3. The van der Waals surface area contributed by atoms with Crippen molar-refractivity contribution in [3.8, 4) is 0 Å². The van der Waals surface area contributed by atoms with Crippen molar-refractivity contribution < 1.29 is 18.3 Å². The number of hydrogen-bond acceptors (Lipinski definition) is 6. The summed E-state index contributed by atoms with van der Waals surface area (Å²) in [5, 5.41) is 13.5. The van der Waals surface area contributed by atoms with E-state index in [0.717, 1.165) is 15.7 Å². The van der Waals surface area contributed by atoms with Crippen LogP contribution < -0.4 is 10.2 Å². The second kappa shape index (κ2) is 7.90. The van der Waals surface area contributed by atoms with Gasteiger partial charge in [-0.05, 0) is 59.7 Å². The molecule has 0 saturated carbocycles. The number of aromatic nitrogens is 3. The lowest BCUT2D eigenvalue weighted by atomic mass is 10.1. The third kappa shape index (κ3) is 4.37. The molecule has 3 heterocycles. The molecule has 0 amide bonds. The minimum Gasteiger partial charge on any atom is -0.393 e. The van der Waals surface area contributed by atoms with Gasteiger partial charge in [-0.3, -0.25) is 4.98 Å². The van der Waals surface area contributed by atoms with Crippen LogP contribution in [0.5, 0.6) is 0 Å². The average Bonchev–Trinajstić information content (AvgIpc) is 2.69. The third-order valence-corrected chi connectivity index (χ3v) is 5.56. The second-order valence-electron chi connectivity index (χ2n) is 6.81. The highest BCUT2D eigenvalue weighted by molar-refractivity contribution is 14.1. The van der Waals surface area contributed by atoms with E-state index in [1.165, 1.54) is 12.1 Å². The summed E-state index contributed by atoms with van der Waals surface area (Å²) in [6.07, 6.45) is -0.102. The van der Waals surface area contributed by atoms with Crippen molar-refractivity contribution in [2.24, 2.45) is 0 Å². The molecule has 1 fully saturated rings. The fourth-order valence-corrected chi connectivity index (χ4v) is 3.75. The normalized spacial score (nSPS) is 15.7. The van der Waals surface area contributed by atoms with Gasteiger partial charge in [-0.1, -0.05) is 0 Å². The Morgan fingerprint density at radius 2 is 1.76 bits per heavy atom. The van der Waals surface area contributed by atoms with Gasteiger partial charge in [-0.2, -0.15) is 18.2 Å². The number of nitrogens with zero attached hydrogens (tertiary/aromatic N) is 4. The van der Waals surface area contributed by atoms with Crippen molar-refractivity contribution >= 4 is 50.9 Å². The molecule has 10 heteroatoms. The fourth-order valence-electron chi connectivity index (χ4n) is 3.18. The zero-order valence-electron chi connectivity index (χ0n) is 15.1. The number of hydrogen-bond donors (Lipinski definition) is 2. The van der Waals surface area contributed by atoms with Crippen LogP contribution in [0, 0.1) is 3.57 Å². The quantitative estimate of drug-likeness (QED) is 0.506. The van der Waals surface area contributed by atoms with Crippen LogP contribution in [-0.2, 0) is 6.18 Å². The maximum Gasteiger partial charge on any atom is 0.416 e. The van der Waals surface area contributed by atoms with Crippen molar-refractivity contribution in [1.82, 2.24) is 15.0 Å². The summed E-state index contributed by atoms with van der Waals surface area (Å²) >= 11 is 2.15. The Morgan fingerprint density at radius 1 is 1.07 bits per heavy atom. The second-order valence-corrected chi connectivity index (χ2v) is 7.97. The first-order chi connectivity index (χ1) is 13.8. The molecular formula is C19H17F3IN5O. The van der Waals surface area contributed by atoms with Crippen LogP contribution in [0.25, 0.3) is 10.9 Å². The van der Waals surface area contributed by atoms with E-state index in [1.54, 1.807) is 12.4 Å². The molecule has 2 aromatic heterocycles. The Balaban J connectivity index is 1.71. The lowest BCUT2D eigenvalue weighted by Gasteiger charge is -2.30. The van der Waals surface area contributed by atoms with Gasteiger partial charge in [-0.15, -0.1) is 0 Å². The van der Waals surface area contributed by atoms with Gasteiger partial charge in [0.2, 0.25) is 5.95 Å². The van der Waals surface area contributed by atoms with Gasteiger partial charge in [0, 0.05) is 31.2 Å². The molecule has 1 aliphatic rings. The molecule has 152 valence electrons. The highest BCUT2D eigenvalue weighted by Crippen LogP contribution is 2.32. The summed E-state index contributed by atoms with van der Waals surface area (Å²) in [5.74, 6) is 0.991. The fraction of sp³-hybridized carbons (Fsp3) is 0.316. The van der Waals surface area contributed by atoms with Gasteiger partial charge >= 0.3 is 6.18 Å². The summed E-state index contributed by atoms with van der Waals surface area (Å²) in [5.41, 5.74) is 0.488. The molecule has 1 aromatic carbocycles. The van der Waals surface area contributed by atoms with Gasteiger partial charge in [0.15, 0.2) is 0 Å². The number of halogens is 4. The minimum atomic E-state index is -4.38. The molecule has 0 aliphatic carbocycles. The van der Waals surface area contributed by atoms with Crippen LogP contribution in [-0.4, -0.2) is 39.3 Å². The highest BCUT2D eigenvalue weighted by atomic mass is 127. The molecule has 1 saturated heterocycles. The molecular weight excluding hydrogens is 498 g/mol. The van der Waals surface area contributed by atoms with Crippen LogP contribution in [0.2, 0.25) is 0 Å². The Morgan fingerprint density at radius 3 is 2.41 bits per heavy atom. The van der Waals surface area contributed by atoms with Crippen LogP contribution in [0.3, 0.4) is 0 Å². The molecule has 2 N–H and O–H groups in total. The Labute approximate surface area is 178 Å². The standard InChI is InChI=1S/C19H17F3IN5O/c20-19(21,22)11-1-3-12(4-2-11)25-17-14-9-24-10-15(23)16(14)26-18(27-17)28-7-5-13(29)6-8-28/h1-4,9-10,13,29H,5-8H2,(H,25,26,27). The smallest absolute Gasteiger partial charge is 0.393 e. The third-order valence-electron chi connectivity index (χ3n) is 4.77. The van der Waals surface area contributed by atoms with E-state index < -0.39 is 11.7 Å². The first-order valence-electron chi connectivity index (χ1n) is 9.00. The van der Waals surface area contributed by atoms with Crippen molar-refractivity contribution in [1.29, 1.82) is 0 Å². The molecule has 6 nitrogen and oxygen atoms in total. The average molecular weight is 515 g/mol. The van der Waals surface area contributed by atoms with E-state index >= 15 is 0 Å². The number of aliphatic hydroxyl groups excluding tert-OH is 1. The summed E-state index contributed by atoms with van der Waals surface area (Å²) in [7, 11) is 0. The first-order valence-corrected chi connectivity index (χ1v) is 10.1. The highest BCUT2D eigenvalue weighted by Gasteiger charge is 2.30. The van der Waals surface area contributed by atoms with Crippen molar-refractivity contribution in [2.45, 2.75) is 25.1 Å². The summed E-state index contributed by atoms with van der Waals surface area (Å²) < 4.78 is 39.3. The molecule has 29 heavy (non-hydrogen) atoms. The van der Waals surface area contributed by atoms with Crippen LogP contribution >= 0.6 is 22.6 Å². The van der Waals surface area contributed by atoms with Crippen LogP contribution in [0.4, 0.5) is 30.6 Å². The van der Waals surface area contributed by atoms with Gasteiger partial charge < -0.3 is 15.3 Å². The molecule has 0 bridgehead atoms. The Bertz CT molecular complexity index is 1020. The SMILES string of the molecule is OC1CCN(c2nc(Nc3ccc(C(F)(F)F)cc3)c3cncc(I)c3n2)CC1. The summed E-state index contributed by atoms with van der Waals surface area (Å²) in [6, 6.07) is 4.80. The largest absolute Gasteiger partial charge is 0.416 e. The van der Waals surface area contributed by atoms with Crippen LogP contribution in [0.15, 0.2) is 36.7 Å². The molecule has 0 atom stereocenters. The monoisotopic (exact) mass is 515 g/mol. The zero-order chi connectivity index (χ0) is 20.6. The zero-order valence-corrected chi connectivity index (χ0v) is 17.3. The minimum absolute atomic E-state index is 0.319. The van der Waals surface area contributed by atoms with E-state index in [-0.39, 0.29) is 6.10 Å². The van der Waals surface area contributed by atoms with Gasteiger partial charge in [0.05, 0.1) is 26.1 Å². The maximum atomic E-state index is 12.8. The lowest BCUT2D eigenvalue weighted by Crippen LogP contribution is -2.37. The number of nitrogens with one attached hydrogen (secondary N) is 1. The first kappa shape index (κ1) is 20.1. The van der Waals surface area contributed by atoms with E-state index in [4.69, 9.17) is 0 Å². The molecule has 4 rings (SSSR count). The van der Waals surface area contributed by atoms with Crippen molar-refractivity contribution in [2.75, 3.05) is 23.3 Å². The number of benzene rings is 1. The van der Waals surface area contributed by atoms with E-state index in [9.17, 15) is 18.3 Å². The Hall–Kier alpha value is -2.21. The lowest BCUT2D eigenvalue weighted by molar-refractivity contribution is -0.137. The molecule has 0 radical (unpaired) electrons. The van der Waals surface area contributed by atoms with E-state index in [0.29, 0.717) is 54.3 Å². The topological polar surface area (TPSA) is 74.2 Å². The molecule has 0 spiro atoms. The van der Waals surface area contributed by atoms with Gasteiger partial charge in [-0.25, -0.2) is 4.98 Å². The molecule has 1 aliphatic heterocycles. The van der Waals surface area contributed by atoms with Crippen molar-refractivity contribution in [3.63, 3.8) is 0 Å². The van der Waals surface area contributed by atoms with Gasteiger partial charge in [0.25, 0.3) is 0 Å². The van der Waals surface area contributed by atoms with Gasteiger partial charge in [0.1, 0.15) is 5.82 Å². The number of alkyl halides is 3. The number of rotatable bonds is 3. The number of fused-ring (bicyclic) bond motifs is 1. The summed E-state index contributed by atoms with van der Waals surface area (Å²) in [6.45, 7) is 1.27. The number of aliphatic hydroxyl groups is 1. The van der Waals surface area contributed by atoms with Crippen molar-refractivity contribution in [3.05, 3.63) is 45.8 Å². The molecule has 3 aromatic rings. The maximum absolute atomic E-state index is 12.8. The summed E-state index contributed by atoms with van der Waals surface area (Å²) in [4.78, 5) is 15.5. The van der Waals surface area contributed by atoms with Crippen LogP contribution in [0.1, 0.15) is 18.4 Å². The number of piperidine rings is 1. The predicted octanol–water partition coefficient (Wildman–Crippen LogP) is 4.35. The van der Waals surface area contributed by atoms with E-state index in [1.807, 2.05) is 4.90 Å². The molecule has 0 unspecified atom stereocenters.